The molecule has 0 saturated heterocycles. The molecule has 20 heavy (non-hydrogen) atoms. The van der Waals surface area contributed by atoms with E-state index in [4.69, 9.17) is 0 Å². The van der Waals surface area contributed by atoms with Crippen LogP contribution in [0.15, 0.2) is 23.5 Å². The molecule has 1 aliphatic carbocycles. The van der Waals surface area contributed by atoms with Gasteiger partial charge in [0.1, 0.15) is 5.03 Å². The first kappa shape index (κ1) is 13.4. The molecule has 6 nitrogen and oxygen atoms in total. The largest absolute Gasteiger partial charge is 0.353 e. The Bertz CT molecular complexity index is 523. The lowest BCUT2D eigenvalue weighted by molar-refractivity contribution is 0.695. The van der Waals surface area contributed by atoms with Crippen LogP contribution in [0.1, 0.15) is 37.3 Å². The lowest BCUT2D eigenvalue weighted by Crippen LogP contribution is -2.09. The van der Waals surface area contributed by atoms with E-state index in [9.17, 15) is 0 Å². The van der Waals surface area contributed by atoms with Crippen LogP contribution in [0, 0.1) is 0 Å². The van der Waals surface area contributed by atoms with Gasteiger partial charge in [-0.05, 0) is 18.9 Å². The maximum atomic E-state index is 4.62. The average molecular weight is 290 g/mol. The summed E-state index contributed by atoms with van der Waals surface area (Å²) >= 11 is 1.65. The summed E-state index contributed by atoms with van der Waals surface area (Å²) in [5, 5.41) is 14.5. The third kappa shape index (κ3) is 3.47. The van der Waals surface area contributed by atoms with E-state index in [1.807, 2.05) is 12.3 Å². The molecule has 2 aromatic heterocycles. The fraction of sp³-hybridized carbons (Fsp3) is 0.538. The molecule has 1 saturated carbocycles. The van der Waals surface area contributed by atoms with E-state index in [-0.39, 0.29) is 0 Å². The highest BCUT2D eigenvalue weighted by atomic mass is 32.2. The Morgan fingerprint density at radius 3 is 3.05 bits per heavy atom. The predicted octanol–water partition coefficient (Wildman–Crippen LogP) is 2.46. The summed E-state index contributed by atoms with van der Waals surface area (Å²) in [6.45, 7) is 0.811. The number of H-pyrrole nitrogens is 1. The molecular formula is C13H18N6S. The first-order valence-electron chi connectivity index (χ1n) is 6.97. The highest BCUT2D eigenvalue weighted by Gasteiger charge is 2.18. The molecule has 7 heteroatoms. The SMILES string of the molecule is c1cc(C2CCCC2)nc(NCCSc2cn[nH]n2)n1. The number of hydrogen-bond donors (Lipinski definition) is 2. The van der Waals surface area contributed by atoms with Crippen molar-refractivity contribution in [3.63, 3.8) is 0 Å². The molecule has 0 amide bonds. The number of anilines is 1. The van der Waals surface area contributed by atoms with Gasteiger partial charge in [-0.1, -0.05) is 12.8 Å². The zero-order valence-electron chi connectivity index (χ0n) is 11.2. The molecule has 0 radical (unpaired) electrons. The van der Waals surface area contributed by atoms with Crippen LogP contribution in [0.5, 0.6) is 0 Å². The third-order valence-electron chi connectivity index (χ3n) is 3.48. The van der Waals surface area contributed by atoms with Crippen LogP contribution in [0.2, 0.25) is 0 Å². The van der Waals surface area contributed by atoms with E-state index in [1.165, 1.54) is 31.4 Å². The van der Waals surface area contributed by atoms with E-state index >= 15 is 0 Å². The van der Waals surface area contributed by atoms with Crippen LogP contribution in [0.25, 0.3) is 0 Å². The van der Waals surface area contributed by atoms with Crippen molar-refractivity contribution in [3.05, 3.63) is 24.2 Å². The molecule has 106 valence electrons. The molecule has 2 aromatic rings. The van der Waals surface area contributed by atoms with Crippen molar-refractivity contribution in [3.8, 4) is 0 Å². The van der Waals surface area contributed by atoms with Crippen LogP contribution >= 0.6 is 11.8 Å². The fourth-order valence-corrected chi connectivity index (χ4v) is 3.13. The Balaban J connectivity index is 1.48. The standard InChI is InChI=1S/C13H18N6S/c1-2-4-10(3-1)11-5-6-14-13(17-11)15-7-8-20-12-9-16-19-18-12/h5-6,9-10H,1-4,7-8H2,(H,14,15,17)(H,16,18,19). The highest BCUT2D eigenvalue weighted by Crippen LogP contribution is 2.32. The predicted molar refractivity (Wildman–Crippen MR) is 78.8 cm³/mol. The minimum atomic E-state index is 0.628. The number of aromatic nitrogens is 5. The Labute approximate surface area is 122 Å². The number of rotatable bonds is 6. The highest BCUT2D eigenvalue weighted by molar-refractivity contribution is 7.99. The lowest BCUT2D eigenvalue weighted by Gasteiger charge is -2.10. The summed E-state index contributed by atoms with van der Waals surface area (Å²) in [6.07, 6.45) is 8.75. The summed E-state index contributed by atoms with van der Waals surface area (Å²) in [7, 11) is 0. The van der Waals surface area contributed by atoms with Crippen molar-refractivity contribution in [1.29, 1.82) is 0 Å². The summed E-state index contributed by atoms with van der Waals surface area (Å²) in [5.74, 6) is 2.27. The average Bonchev–Trinajstić information content (AvgIpc) is 3.17. The molecule has 0 unspecified atom stereocenters. The monoisotopic (exact) mass is 290 g/mol. The van der Waals surface area contributed by atoms with Crippen LogP contribution < -0.4 is 5.32 Å². The van der Waals surface area contributed by atoms with Gasteiger partial charge in [-0.2, -0.15) is 10.3 Å². The van der Waals surface area contributed by atoms with Gasteiger partial charge in [0.15, 0.2) is 0 Å². The van der Waals surface area contributed by atoms with Gasteiger partial charge in [0.25, 0.3) is 0 Å². The molecule has 0 bridgehead atoms. The molecule has 2 N–H and O–H groups in total. The van der Waals surface area contributed by atoms with Crippen molar-refractivity contribution in [2.45, 2.75) is 36.6 Å². The molecule has 1 fully saturated rings. The van der Waals surface area contributed by atoms with Gasteiger partial charge in [0, 0.05) is 30.1 Å². The zero-order chi connectivity index (χ0) is 13.6. The van der Waals surface area contributed by atoms with Crippen molar-refractivity contribution in [1.82, 2.24) is 25.4 Å². The Morgan fingerprint density at radius 1 is 1.35 bits per heavy atom. The second kappa shape index (κ2) is 6.69. The van der Waals surface area contributed by atoms with E-state index in [0.717, 1.165) is 23.3 Å². The van der Waals surface area contributed by atoms with Gasteiger partial charge in [0.05, 0.1) is 6.20 Å². The quantitative estimate of drug-likeness (QED) is 0.628. The van der Waals surface area contributed by atoms with Gasteiger partial charge < -0.3 is 5.32 Å². The smallest absolute Gasteiger partial charge is 0.222 e. The number of nitrogens with zero attached hydrogens (tertiary/aromatic N) is 4. The van der Waals surface area contributed by atoms with Crippen LogP contribution in [0.4, 0.5) is 5.95 Å². The molecule has 0 aliphatic heterocycles. The first-order valence-corrected chi connectivity index (χ1v) is 7.96. The number of hydrogen-bond acceptors (Lipinski definition) is 6. The Kier molecular flexibility index (Phi) is 4.47. The van der Waals surface area contributed by atoms with Gasteiger partial charge >= 0.3 is 0 Å². The molecule has 3 rings (SSSR count). The molecule has 0 atom stereocenters. The first-order chi connectivity index (χ1) is 9.92. The molecule has 1 aliphatic rings. The molecule has 2 heterocycles. The van der Waals surface area contributed by atoms with Gasteiger partial charge in [0.2, 0.25) is 5.95 Å². The van der Waals surface area contributed by atoms with Crippen molar-refractivity contribution in [2.24, 2.45) is 0 Å². The van der Waals surface area contributed by atoms with E-state index < -0.39 is 0 Å². The number of nitrogens with one attached hydrogen (secondary N) is 2. The summed E-state index contributed by atoms with van der Waals surface area (Å²) < 4.78 is 0. The van der Waals surface area contributed by atoms with E-state index in [0.29, 0.717) is 5.92 Å². The van der Waals surface area contributed by atoms with Crippen LogP contribution in [-0.2, 0) is 0 Å². The maximum absolute atomic E-state index is 4.62. The minimum Gasteiger partial charge on any atom is -0.353 e. The van der Waals surface area contributed by atoms with Crippen molar-refractivity contribution in [2.75, 3.05) is 17.6 Å². The molecule has 0 aromatic carbocycles. The lowest BCUT2D eigenvalue weighted by atomic mass is 10.0. The van der Waals surface area contributed by atoms with Gasteiger partial charge in [-0.25, -0.2) is 9.97 Å². The van der Waals surface area contributed by atoms with Crippen LogP contribution in [-0.4, -0.2) is 37.7 Å². The molecular weight excluding hydrogens is 272 g/mol. The summed E-state index contributed by atoms with van der Waals surface area (Å²) in [6, 6.07) is 2.05. The van der Waals surface area contributed by atoms with Crippen LogP contribution in [0.3, 0.4) is 0 Å². The fourth-order valence-electron chi connectivity index (χ4n) is 2.49. The second-order valence-electron chi connectivity index (χ2n) is 4.87. The number of aromatic amines is 1. The van der Waals surface area contributed by atoms with Gasteiger partial charge in [-0.3, -0.25) is 0 Å². The minimum absolute atomic E-state index is 0.628. The summed E-state index contributed by atoms with van der Waals surface area (Å²) in [4.78, 5) is 8.90. The zero-order valence-corrected chi connectivity index (χ0v) is 12.1. The number of thioether (sulfide) groups is 1. The third-order valence-corrected chi connectivity index (χ3v) is 4.38. The maximum Gasteiger partial charge on any atom is 0.222 e. The topological polar surface area (TPSA) is 79.4 Å². The Morgan fingerprint density at radius 2 is 2.25 bits per heavy atom. The van der Waals surface area contributed by atoms with Crippen molar-refractivity contribution < 1.29 is 0 Å². The van der Waals surface area contributed by atoms with E-state index in [2.05, 4.69) is 30.7 Å². The molecule has 0 spiro atoms. The Hall–Kier alpha value is -1.63. The second-order valence-corrected chi connectivity index (χ2v) is 5.99. The van der Waals surface area contributed by atoms with Crippen molar-refractivity contribution >= 4 is 17.7 Å². The van der Waals surface area contributed by atoms with E-state index in [1.54, 1.807) is 18.0 Å². The summed E-state index contributed by atoms with van der Waals surface area (Å²) in [5.41, 5.74) is 1.18. The normalized spacial score (nSPS) is 15.6. The van der Waals surface area contributed by atoms with Gasteiger partial charge in [-0.15, -0.1) is 16.9 Å².